The van der Waals surface area contributed by atoms with Crippen LogP contribution in [0.15, 0.2) is 42.5 Å². The Kier molecular flexibility index (Phi) is 5.33. The van der Waals surface area contributed by atoms with Crippen LogP contribution in [0.2, 0.25) is 5.02 Å². The van der Waals surface area contributed by atoms with Gasteiger partial charge in [0.15, 0.2) is 0 Å². The van der Waals surface area contributed by atoms with Crippen LogP contribution >= 0.6 is 11.6 Å². The number of halogens is 1. The molecule has 1 saturated heterocycles. The van der Waals surface area contributed by atoms with Crippen molar-refractivity contribution >= 4 is 28.7 Å². The van der Waals surface area contributed by atoms with Gasteiger partial charge in [-0.3, -0.25) is 4.90 Å². The number of ether oxygens (including phenoxy) is 1. The van der Waals surface area contributed by atoms with E-state index in [-0.39, 0.29) is 0 Å². The molecule has 6 heteroatoms. The van der Waals surface area contributed by atoms with E-state index in [0.29, 0.717) is 18.0 Å². The average Bonchev–Trinajstić information content (AvgIpc) is 2.59. The summed E-state index contributed by atoms with van der Waals surface area (Å²) in [5, 5.41) is 0.783. The molecular weight excluding hydrogens is 324 g/mol. The quantitative estimate of drug-likeness (QED) is 0.815. The first-order chi connectivity index (χ1) is 11.6. The highest BCUT2D eigenvalue weighted by atomic mass is 35.5. The third-order valence-electron chi connectivity index (χ3n) is 4.28. The van der Waals surface area contributed by atoms with Gasteiger partial charge in [0.1, 0.15) is 12.4 Å². The molecule has 0 amide bonds. The van der Waals surface area contributed by atoms with Crippen molar-refractivity contribution in [3.63, 3.8) is 0 Å². The fraction of sp³-hybridized carbons (Fsp3) is 0.333. The number of hydrogen-bond donors (Lipinski definition) is 2. The third kappa shape index (κ3) is 4.24. The molecule has 0 spiro atoms. The van der Waals surface area contributed by atoms with Crippen molar-refractivity contribution in [2.45, 2.75) is 0 Å². The summed E-state index contributed by atoms with van der Waals surface area (Å²) in [4.78, 5) is 4.77. The topological polar surface area (TPSA) is 67.8 Å². The van der Waals surface area contributed by atoms with Crippen LogP contribution in [-0.2, 0) is 0 Å². The molecule has 0 aliphatic carbocycles. The maximum Gasteiger partial charge on any atom is 0.121 e. The molecule has 1 aliphatic rings. The first-order valence-corrected chi connectivity index (χ1v) is 8.50. The van der Waals surface area contributed by atoms with E-state index >= 15 is 0 Å². The Bertz CT molecular complexity index is 686. The van der Waals surface area contributed by atoms with Gasteiger partial charge in [-0.1, -0.05) is 17.7 Å². The third-order valence-corrected chi connectivity index (χ3v) is 4.52. The molecule has 0 radical (unpaired) electrons. The lowest BCUT2D eigenvalue weighted by atomic mass is 10.2. The Morgan fingerprint density at radius 3 is 2.46 bits per heavy atom. The van der Waals surface area contributed by atoms with Gasteiger partial charge in [-0.25, -0.2) is 0 Å². The lowest BCUT2D eigenvalue weighted by Crippen LogP contribution is -2.47. The SMILES string of the molecule is Nc1ccc(OCCN2CCN(c3cccc(Cl)c3)CC2)cc1N. The fourth-order valence-corrected chi connectivity index (χ4v) is 3.02. The number of piperazine rings is 1. The highest BCUT2D eigenvalue weighted by Gasteiger charge is 2.17. The van der Waals surface area contributed by atoms with Gasteiger partial charge in [0.05, 0.1) is 11.4 Å². The predicted molar refractivity (Wildman–Crippen MR) is 101 cm³/mol. The van der Waals surface area contributed by atoms with Crippen molar-refractivity contribution in [2.24, 2.45) is 0 Å². The van der Waals surface area contributed by atoms with Crippen LogP contribution < -0.4 is 21.1 Å². The molecule has 1 fully saturated rings. The molecule has 5 nitrogen and oxygen atoms in total. The fourth-order valence-electron chi connectivity index (χ4n) is 2.84. The monoisotopic (exact) mass is 346 g/mol. The molecule has 1 heterocycles. The second-order valence-corrected chi connectivity index (χ2v) is 6.38. The predicted octanol–water partition coefficient (Wildman–Crippen LogP) is 2.71. The highest BCUT2D eigenvalue weighted by Crippen LogP contribution is 2.22. The normalized spacial score (nSPS) is 15.5. The summed E-state index contributed by atoms with van der Waals surface area (Å²) in [5.74, 6) is 0.763. The number of rotatable bonds is 5. The lowest BCUT2D eigenvalue weighted by molar-refractivity contribution is 0.200. The van der Waals surface area contributed by atoms with E-state index in [0.717, 1.165) is 43.5 Å². The molecule has 0 aromatic heterocycles. The minimum atomic E-state index is 0.558. The van der Waals surface area contributed by atoms with Crippen LogP contribution in [0.4, 0.5) is 17.1 Å². The minimum Gasteiger partial charge on any atom is -0.492 e. The summed E-state index contributed by atoms with van der Waals surface area (Å²) in [6.45, 7) is 5.55. The Balaban J connectivity index is 1.43. The number of benzene rings is 2. The zero-order valence-corrected chi connectivity index (χ0v) is 14.4. The van der Waals surface area contributed by atoms with Crippen molar-refractivity contribution in [1.29, 1.82) is 0 Å². The molecule has 4 N–H and O–H groups in total. The first-order valence-electron chi connectivity index (χ1n) is 8.12. The van der Waals surface area contributed by atoms with Crippen LogP contribution in [-0.4, -0.2) is 44.2 Å². The number of hydrogen-bond acceptors (Lipinski definition) is 5. The Morgan fingerprint density at radius 2 is 1.75 bits per heavy atom. The summed E-state index contributed by atoms with van der Waals surface area (Å²) < 4.78 is 5.76. The molecule has 0 atom stereocenters. The van der Waals surface area contributed by atoms with E-state index in [1.54, 1.807) is 12.1 Å². The first kappa shape index (κ1) is 16.7. The van der Waals surface area contributed by atoms with Gasteiger partial charge in [-0.2, -0.15) is 0 Å². The minimum absolute atomic E-state index is 0.558. The number of anilines is 3. The largest absolute Gasteiger partial charge is 0.492 e. The molecule has 3 rings (SSSR count). The Hall–Kier alpha value is -2.11. The standard InChI is InChI=1S/C18H23ClN4O/c19-14-2-1-3-15(12-14)23-8-6-22(7-9-23)10-11-24-16-4-5-17(20)18(21)13-16/h1-5,12-13H,6-11,20-21H2. The van der Waals surface area contributed by atoms with E-state index in [9.17, 15) is 0 Å². The van der Waals surface area contributed by atoms with Gasteiger partial charge >= 0.3 is 0 Å². The lowest BCUT2D eigenvalue weighted by Gasteiger charge is -2.36. The maximum absolute atomic E-state index is 6.07. The smallest absolute Gasteiger partial charge is 0.121 e. The van der Waals surface area contributed by atoms with Gasteiger partial charge in [-0.05, 0) is 30.3 Å². The van der Waals surface area contributed by atoms with E-state index in [1.165, 1.54) is 5.69 Å². The average molecular weight is 347 g/mol. The number of nitrogen functional groups attached to an aromatic ring is 2. The van der Waals surface area contributed by atoms with Gasteiger partial charge in [-0.15, -0.1) is 0 Å². The highest BCUT2D eigenvalue weighted by molar-refractivity contribution is 6.30. The second-order valence-electron chi connectivity index (χ2n) is 5.95. The second kappa shape index (κ2) is 7.64. The van der Waals surface area contributed by atoms with Crippen molar-refractivity contribution in [3.8, 4) is 5.75 Å². The molecule has 0 bridgehead atoms. The van der Waals surface area contributed by atoms with Gasteiger partial charge < -0.3 is 21.1 Å². The molecule has 128 valence electrons. The molecule has 0 saturated carbocycles. The Labute approximate surface area is 147 Å². The zero-order chi connectivity index (χ0) is 16.9. The van der Waals surface area contributed by atoms with Crippen LogP contribution in [0.3, 0.4) is 0 Å². The van der Waals surface area contributed by atoms with Crippen molar-refractivity contribution < 1.29 is 4.74 Å². The van der Waals surface area contributed by atoms with Gasteiger partial charge in [0, 0.05) is 49.5 Å². The maximum atomic E-state index is 6.07. The Morgan fingerprint density at radius 1 is 0.958 bits per heavy atom. The van der Waals surface area contributed by atoms with E-state index in [2.05, 4.69) is 15.9 Å². The number of nitrogens with zero attached hydrogens (tertiary/aromatic N) is 2. The number of nitrogens with two attached hydrogens (primary N) is 2. The van der Waals surface area contributed by atoms with E-state index in [4.69, 9.17) is 27.8 Å². The molecule has 2 aromatic rings. The van der Waals surface area contributed by atoms with Gasteiger partial charge in [0.25, 0.3) is 0 Å². The van der Waals surface area contributed by atoms with Crippen molar-refractivity contribution in [3.05, 3.63) is 47.5 Å². The van der Waals surface area contributed by atoms with E-state index < -0.39 is 0 Å². The van der Waals surface area contributed by atoms with Crippen LogP contribution in [0.1, 0.15) is 0 Å². The molecule has 0 unspecified atom stereocenters. The summed E-state index contributed by atoms with van der Waals surface area (Å²) >= 11 is 6.07. The molecule has 24 heavy (non-hydrogen) atoms. The van der Waals surface area contributed by atoms with E-state index in [1.807, 2.05) is 24.3 Å². The zero-order valence-electron chi connectivity index (χ0n) is 13.6. The molecule has 1 aliphatic heterocycles. The van der Waals surface area contributed by atoms with Crippen molar-refractivity contribution in [2.75, 3.05) is 55.7 Å². The summed E-state index contributed by atoms with van der Waals surface area (Å²) in [7, 11) is 0. The van der Waals surface area contributed by atoms with Crippen molar-refractivity contribution in [1.82, 2.24) is 4.90 Å². The summed E-state index contributed by atoms with van der Waals surface area (Å²) in [6, 6.07) is 13.4. The van der Waals surface area contributed by atoms with Crippen LogP contribution in [0.25, 0.3) is 0 Å². The van der Waals surface area contributed by atoms with Crippen LogP contribution in [0.5, 0.6) is 5.75 Å². The molecule has 2 aromatic carbocycles. The van der Waals surface area contributed by atoms with Crippen LogP contribution in [0, 0.1) is 0 Å². The van der Waals surface area contributed by atoms with Gasteiger partial charge in [0.2, 0.25) is 0 Å². The summed E-state index contributed by atoms with van der Waals surface area (Å²) in [6.07, 6.45) is 0. The summed E-state index contributed by atoms with van der Waals surface area (Å²) in [5.41, 5.74) is 13.8. The molecular formula is C18H23ClN4O.